The van der Waals surface area contributed by atoms with Crippen LogP contribution in [0.15, 0.2) is 48.0 Å². The summed E-state index contributed by atoms with van der Waals surface area (Å²) < 4.78 is 0. The Labute approximate surface area is 166 Å². The number of carbonyl (C=O) groups is 2. The highest BCUT2D eigenvalue weighted by Crippen LogP contribution is 2.30. The fraction of sp³-hybridized carbons (Fsp3) is 0.190. The van der Waals surface area contributed by atoms with Crippen molar-refractivity contribution < 1.29 is 19.6 Å². The van der Waals surface area contributed by atoms with Gasteiger partial charge in [0.05, 0.1) is 28.5 Å². The molecule has 1 amide bonds. The summed E-state index contributed by atoms with van der Waals surface area (Å²) in [6, 6.07) is 13.4. The van der Waals surface area contributed by atoms with Gasteiger partial charge in [-0.25, -0.2) is 4.79 Å². The van der Waals surface area contributed by atoms with Crippen LogP contribution in [-0.4, -0.2) is 28.5 Å². The molecule has 1 aliphatic heterocycles. The van der Waals surface area contributed by atoms with Gasteiger partial charge < -0.3 is 10.0 Å². The van der Waals surface area contributed by atoms with Crippen molar-refractivity contribution >= 4 is 29.3 Å². The minimum atomic E-state index is -1.30. The van der Waals surface area contributed by atoms with Crippen molar-refractivity contribution in [3.05, 3.63) is 63.7 Å². The molecule has 0 bridgehead atoms. The van der Waals surface area contributed by atoms with E-state index in [1.54, 1.807) is 17.0 Å². The van der Waals surface area contributed by atoms with E-state index < -0.39 is 10.9 Å². The second-order valence-electron chi connectivity index (χ2n) is 6.54. The van der Waals surface area contributed by atoms with E-state index in [4.69, 9.17) is 5.26 Å². The van der Waals surface area contributed by atoms with Crippen molar-refractivity contribution in [2.45, 2.75) is 19.3 Å². The monoisotopic (exact) mass is 391 g/mol. The number of aliphatic carboxylic acids is 1. The smallest absolute Gasteiger partial charge is 0.332 e. The summed E-state index contributed by atoms with van der Waals surface area (Å²) in [7, 11) is 0. The molecule has 3 rings (SSSR count). The van der Waals surface area contributed by atoms with Gasteiger partial charge in [0, 0.05) is 24.7 Å². The van der Waals surface area contributed by atoms with Crippen LogP contribution in [0.25, 0.3) is 17.2 Å². The Bertz CT molecular complexity index is 1050. The minimum absolute atomic E-state index is 0.0826. The highest BCUT2D eigenvalue weighted by molar-refractivity contribution is 5.96. The number of nitriles is 1. The standard InChI is InChI=1S/C21H17N3O5/c22-10-9-16(21(26)27)13-17-12-15(5-8-19(17)24(28)29)14-3-6-18(7-4-14)23-11-1-2-20(23)25/h3-8,12-13H,1-2,9,11H2,(H,26,27)/b16-13+. The van der Waals surface area contributed by atoms with Gasteiger partial charge in [0.1, 0.15) is 0 Å². The van der Waals surface area contributed by atoms with Gasteiger partial charge in [-0.05, 0) is 47.9 Å². The van der Waals surface area contributed by atoms with Crippen LogP contribution in [0.4, 0.5) is 11.4 Å². The van der Waals surface area contributed by atoms with E-state index in [2.05, 4.69) is 0 Å². The first kappa shape index (κ1) is 19.8. The summed E-state index contributed by atoms with van der Waals surface area (Å²) >= 11 is 0. The molecule has 1 fully saturated rings. The first-order valence-corrected chi connectivity index (χ1v) is 8.91. The van der Waals surface area contributed by atoms with Gasteiger partial charge in [-0.1, -0.05) is 12.1 Å². The van der Waals surface area contributed by atoms with E-state index >= 15 is 0 Å². The third-order valence-corrected chi connectivity index (χ3v) is 4.68. The van der Waals surface area contributed by atoms with Crippen LogP contribution < -0.4 is 4.90 Å². The van der Waals surface area contributed by atoms with E-state index in [0.717, 1.165) is 23.7 Å². The molecule has 0 unspecified atom stereocenters. The zero-order chi connectivity index (χ0) is 21.0. The minimum Gasteiger partial charge on any atom is -0.478 e. The number of rotatable bonds is 6. The average molecular weight is 391 g/mol. The number of anilines is 1. The van der Waals surface area contributed by atoms with E-state index in [1.165, 1.54) is 12.1 Å². The van der Waals surface area contributed by atoms with Crippen LogP contribution in [0.3, 0.4) is 0 Å². The Morgan fingerprint density at radius 2 is 1.93 bits per heavy atom. The molecule has 1 aliphatic rings. The lowest BCUT2D eigenvalue weighted by Gasteiger charge is -2.16. The molecule has 2 aromatic rings. The molecule has 8 nitrogen and oxygen atoms in total. The second kappa shape index (κ2) is 8.35. The van der Waals surface area contributed by atoms with Gasteiger partial charge in [-0.2, -0.15) is 5.26 Å². The van der Waals surface area contributed by atoms with E-state index in [-0.39, 0.29) is 29.2 Å². The van der Waals surface area contributed by atoms with Crippen LogP contribution in [0.1, 0.15) is 24.8 Å². The maximum Gasteiger partial charge on any atom is 0.332 e. The topological polar surface area (TPSA) is 125 Å². The Kier molecular flexibility index (Phi) is 5.69. The third kappa shape index (κ3) is 4.30. The number of carboxylic acids is 1. The summed E-state index contributed by atoms with van der Waals surface area (Å²) in [5.41, 5.74) is 1.85. The number of nitro benzene ring substituents is 1. The number of amides is 1. The molecule has 0 saturated carbocycles. The Hall–Kier alpha value is -3.99. The number of nitro groups is 1. The molecule has 8 heteroatoms. The SMILES string of the molecule is N#CC/C(=C\c1cc(-c2ccc(N3CCCC3=O)cc2)ccc1[N+](=O)[O-])C(=O)O. The molecule has 146 valence electrons. The number of benzene rings is 2. The zero-order valence-electron chi connectivity index (χ0n) is 15.4. The quantitative estimate of drug-likeness (QED) is 0.454. The van der Waals surface area contributed by atoms with Crippen LogP contribution >= 0.6 is 0 Å². The van der Waals surface area contributed by atoms with Crippen LogP contribution in [0, 0.1) is 21.4 Å². The summed E-state index contributed by atoms with van der Waals surface area (Å²) in [6.07, 6.45) is 2.15. The lowest BCUT2D eigenvalue weighted by atomic mass is 9.99. The third-order valence-electron chi connectivity index (χ3n) is 4.68. The van der Waals surface area contributed by atoms with Crippen molar-refractivity contribution in [3.63, 3.8) is 0 Å². The number of hydrogen-bond donors (Lipinski definition) is 1. The molecular weight excluding hydrogens is 374 g/mol. The summed E-state index contributed by atoms with van der Waals surface area (Å²) in [4.78, 5) is 35.6. The number of nitrogens with zero attached hydrogens (tertiary/aromatic N) is 3. The lowest BCUT2D eigenvalue weighted by Crippen LogP contribution is -2.23. The Morgan fingerprint density at radius 1 is 1.24 bits per heavy atom. The maximum atomic E-state index is 11.9. The van der Waals surface area contributed by atoms with Gasteiger partial charge in [0.25, 0.3) is 5.69 Å². The molecule has 0 aromatic heterocycles. The van der Waals surface area contributed by atoms with Crippen LogP contribution in [-0.2, 0) is 9.59 Å². The Balaban J connectivity index is 1.99. The van der Waals surface area contributed by atoms with E-state index in [0.29, 0.717) is 18.5 Å². The van der Waals surface area contributed by atoms with Crippen molar-refractivity contribution in [1.82, 2.24) is 0 Å². The van der Waals surface area contributed by atoms with E-state index in [1.807, 2.05) is 24.3 Å². The lowest BCUT2D eigenvalue weighted by molar-refractivity contribution is -0.385. The number of hydrogen-bond acceptors (Lipinski definition) is 5. The Morgan fingerprint density at radius 3 is 2.48 bits per heavy atom. The van der Waals surface area contributed by atoms with Crippen molar-refractivity contribution in [3.8, 4) is 17.2 Å². The predicted octanol–water partition coefficient (Wildman–Crippen LogP) is 3.77. The van der Waals surface area contributed by atoms with Gasteiger partial charge in [-0.3, -0.25) is 14.9 Å². The van der Waals surface area contributed by atoms with Gasteiger partial charge >= 0.3 is 5.97 Å². The first-order valence-electron chi connectivity index (χ1n) is 8.91. The average Bonchev–Trinajstić information content (AvgIpc) is 3.13. The molecule has 0 aliphatic carbocycles. The largest absolute Gasteiger partial charge is 0.478 e. The van der Waals surface area contributed by atoms with Crippen molar-refractivity contribution in [2.24, 2.45) is 0 Å². The van der Waals surface area contributed by atoms with Crippen molar-refractivity contribution in [1.29, 1.82) is 5.26 Å². The number of carboxylic acid groups (broad SMARTS) is 1. The normalized spacial score (nSPS) is 14.0. The highest BCUT2D eigenvalue weighted by Gasteiger charge is 2.21. The van der Waals surface area contributed by atoms with Gasteiger partial charge in [-0.15, -0.1) is 0 Å². The molecule has 1 N–H and O–H groups in total. The van der Waals surface area contributed by atoms with Crippen LogP contribution in [0.2, 0.25) is 0 Å². The second-order valence-corrected chi connectivity index (χ2v) is 6.54. The van der Waals surface area contributed by atoms with Crippen molar-refractivity contribution in [2.75, 3.05) is 11.4 Å². The fourth-order valence-corrected chi connectivity index (χ4v) is 3.23. The molecule has 2 aromatic carbocycles. The molecular formula is C21H17N3O5. The highest BCUT2D eigenvalue weighted by atomic mass is 16.6. The number of carbonyl (C=O) groups excluding carboxylic acids is 1. The van der Waals surface area contributed by atoms with Crippen LogP contribution in [0.5, 0.6) is 0 Å². The first-order chi connectivity index (χ1) is 13.9. The van der Waals surface area contributed by atoms with Gasteiger partial charge in [0.2, 0.25) is 5.91 Å². The molecule has 0 spiro atoms. The molecule has 1 saturated heterocycles. The fourth-order valence-electron chi connectivity index (χ4n) is 3.23. The summed E-state index contributed by atoms with van der Waals surface area (Å²) in [6.45, 7) is 0.682. The van der Waals surface area contributed by atoms with E-state index in [9.17, 15) is 24.8 Å². The molecule has 0 atom stereocenters. The molecule has 29 heavy (non-hydrogen) atoms. The molecule has 0 radical (unpaired) electrons. The maximum absolute atomic E-state index is 11.9. The summed E-state index contributed by atoms with van der Waals surface area (Å²) in [5.74, 6) is -1.22. The van der Waals surface area contributed by atoms with Gasteiger partial charge in [0.15, 0.2) is 0 Å². The molecule has 1 heterocycles. The summed E-state index contributed by atoms with van der Waals surface area (Å²) in [5, 5.41) is 29.3. The predicted molar refractivity (Wildman–Crippen MR) is 106 cm³/mol. The zero-order valence-corrected chi connectivity index (χ0v) is 15.4.